The lowest BCUT2D eigenvalue weighted by molar-refractivity contribution is -0.148. The molecular weight excluding hydrogens is 789 g/mol. The molecule has 1 aliphatic carbocycles. The summed E-state index contributed by atoms with van der Waals surface area (Å²) in [6.07, 6.45) is 54.7. The minimum absolute atomic E-state index is 0.128. The van der Waals surface area contributed by atoms with Crippen molar-refractivity contribution in [3.8, 4) is 0 Å². The molecule has 64 heavy (non-hydrogen) atoms. The molecule has 0 radical (unpaired) electrons. The van der Waals surface area contributed by atoms with E-state index in [2.05, 4.69) is 78.0 Å². The first kappa shape index (κ1) is 58.7. The van der Waals surface area contributed by atoms with E-state index < -0.39 is 30.1 Å². The van der Waals surface area contributed by atoms with Crippen molar-refractivity contribution in [3.63, 3.8) is 0 Å². The van der Waals surface area contributed by atoms with Crippen LogP contribution in [-0.2, 0) is 23.9 Å². The second-order valence-electron chi connectivity index (χ2n) is 19.5. The number of carbonyl (C=O) groups excluding carboxylic acids is 4. The maximum Gasteiger partial charge on any atom is 0.331 e. The largest absolute Gasteiger partial charge is 0.461 e. The van der Waals surface area contributed by atoms with Crippen LogP contribution in [0.25, 0.3) is 0 Å². The molecule has 0 bridgehead atoms. The summed E-state index contributed by atoms with van der Waals surface area (Å²) in [5, 5.41) is 0. The van der Waals surface area contributed by atoms with Crippen molar-refractivity contribution in [2.75, 3.05) is 6.61 Å². The van der Waals surface area contributed by atoms with Gasteiger partial charge in [-0.15, -0.1) is 0 Å². The Balaban J connectivity index is 2.65. The van der Waals surface area contributed by atoms with E-state index in [0.29, 0.717) is 18.4 Å². The molecule has 0 N–H and O–H groups in total. The highest BCUT2D eigenvalue weighted by Gasteiger charge is 2.32. The highest BCUT2D eigenvalue weighted by Crippen LogP contribution is 2.40. The van der Waals surface area contributed by atoms with Gasteiger partial charge in [0.2, 0.25) is 5.78 Å². The average molecular weight is 885 g/mol. The fourth-order valence-corrected chi connectivity index (χ4v) is 8.61. The van der Waals surface area contributed by atoms with E-state index in [0.717, 1.165) is 76.2 Å². The van der Waals surface area contributed by atoms with Crippen LogP contribution in [0.2, 0.25) is 0 Å². The molecule has 0 amide bonds. The summed E-state index contributed by atoms with van der Waals surface area (Å²) in [5.74, 6) is -3.41. The second kappa shape index (κ2) is 38.9. The van der Waals surface area contributed by atoms with Gasteiger partial charge in [-0.1, -0.05) is 196 Å². The lowest BCUT2D eigenvalue weighted by Crippen LogP contribution is -2.34. The maximum atomic E-state index is 13.5. The molecule has 0 heterocycles. The molecule has 1 rings (SSSR count). The molecule has 0 fully saturated rings. The van der Waals surface area contributed by atoms with Gasteiger partial charge < -0.3 is 4.74 Å². The van der Waals surface area contributed by atoms with Gasteiger partial charge in [-0.25, -0.2) is 4.79 Å². The molecule has 0 aromatic rings. The number of hydrogen-bond donors (Lipinski definition) is 0. The fraction of sp³-hybridized carbons (Fsp3) is 0.695. The van der Waals surface area contributed by atoms with Crippen LogP contribution in [0.5, 0.6) is 0 Å². The molecule has 0 aromatic carbocycles. The van der Waals surface area contributed by atoms with Crippen molar-refractivity contribution < 1.29 is 23.9 Å². The molecule has 5 heteroatoms. The van der Waals surface area contributed by atoms with Crippen molar-refractivity contribution >= 4 is 23.3 Å². The number of hydrogen-bond acceptors (Lipinski definition) is 5. The van der Waals surface area contributed by atoms with Crippen molar-refractivity contribution in [1.82, 2.24) is 0 Å². The van der Waals surface area contributed by atoms with E-state index in [1.807, 2.05) is 25.2 Å². The highest BCUT2D eigenvalue weighted by molar-refractivity contribution is 6.41. The first-order valence-electron chi connectivity index (χ1n) is 26.4. The van der Waals surface area contributed by atoms with E-state index >= 15 is 0 Å². The Morgan fingerprint density at radius 1 is 0.609 bits per heavy atom. The smallest absolute Gasteiger partial charge is 0.331 e. The van der Waals surface area contributed by atoms with Crippen LogP contribution in [0.4, 0.5) is 0 Å². The van der Waals surface area contributed by atoms with Crippen LogP contribution in [0.3, 0.4) is 0 Å². The first-order valence-corrected chi connectivity index (χ1v) is 26.4. The molecular formula is C59H96O5. The van der Waals surface area contributed by atoms with Gasteiger partial charge in [0.25, 0.3) is 0 Å². The monoisotopic (exact) mass is 885 g/mol. The van der Waals surface area contributed by atoms with Crippen LogP contribution in [0, 0.1) is 11.3 Å². The predicted molar refractivity (Wildman–Crippen MR) is 274 cm³/mol. The van der Waals surface area contributed by atoms with Gasteiger partial charge in [0.15, 0.2) is 5.78 Å². The second-order valence-corrected chi connectivity index (χ2v) is 19.5. The van der Waals surface area contributed by atoms with Gasteiger partial charge in [0, 0.05) is 18.9 Å². The molecule has 5 nitrogen and oxygen atoms in total. The zero-order chi connectivity index (χ0) is 47.1. The predicted octanol–water partition coefficient (Wildman–Crippen LogP) is 17.5. The summed E-state index contributed by atoms with van der Waals surface area (Å²) in [7, 11) is 0. The Hall–Kier alpha value is -3.34. The van der Waals surface area contributed by atoms with Gasteiger partial charge >= 0.3 is 5.97 Å². The SMILES string of the molecule is CCCCCCCC/C=C\CCCCCCCC(=O)C(=O)C(COC(=O)\C=C(C)/C=C/C=C(C)\C=C\C1=C(C)CCCC1(C)C)C(=O)CCCCCCC/C=C\CCCCCCCC. The Labute approximate surface area is 394 Å². The molecule has 1 aliphatic rings. The molecule has 0 saturated carbocycles. The third kappa shape index (κ3) is 30.7. The van der Waals surface area contributed by atoms with Crippen LogP contribution in [0.15, 0.2) is 83.1 Å². The van der Waals surface area contributed by atoms with Crippen molar-refractivity contribution in [3.05, 3.63) is 83.1 Å². The van der Waals surface area contributed by atoms with Gasteiger partial charge in [0.05, 0.1) is 0 Å². The van der Waals surface area contributed by atoms with Crippen LogP contribution in [-0.4, -0.2) is 29.9 Å². The van der Waals surface area contributed by atoms with Gasteiger partial charge in [-0.2, -0.15) is 0 Å². The average Bonchev–Trinajstić information content (AvgIpc) is 3.25. The number of Topliss-reactive ketones (excluding diaryl/α,β-unsaturated/α-hetero) is 3. The Kier molecular flexibility index (Phi) is 35.7. The van der Waals surface area contributed by atoms with E-state index in [1.54, 1.807) is 0 Å². The normalized spacial score (nSPS) is 15.4. The minimum atomic E-state index is -1.24. The van der Waals surface area contributed by atoms with Gasteiger partial charge in [-0.3, -0.25) is 14.4 Å². The number of carbonyl (C=O) groups is 4. The van der Waals surface area contributed by atoms with Crippen LogP contribution >= 0.6 is 0 Å². The lowest BCUT2D eigenvalue weighted by Gasteiger charge is -2.32. The first-order chi connectivity index (χ1) is 30.9. The quantitative estimate of drug-likeness (QED) is 0.0117. The third-order valence-electron chi connectivity index (χ3n) is 12.8. The number of esters is 1. The van der Waals surface area contributed by atoms with Gasteiger partial charge in [-0.05, 0) is 121 Å². The molecule has 0 aliphatic heterocycles. The standard InChI is InChI=1S/C59H96O5/c1-8-10-12-14-16-18-20-22-24-26-28-30-32-34-36-43-55(60)53(58(63)56(61)44-37-35-33-31-29-27-25-23-21-19-17-15-13-11-9-2)49-64-57(62)48-51(4)41-38-40-50(3)45-46-54-52(5)42-39-47-59(54,6)7/h22-25,38,40-41,45-46,48,53H,8-21,26-37,39,42-44,47,49H2,1-7H3/b24-22-,25-23-,41-38+,46-45+,50-40-,51-48-. The molecule has 1 atom stereocenters. The van der Waals surface area contributed by atoms with E-state index in [9.17, 15) is 19.2 Å². The third-order valence-corrected chi connectivity index (χ3v) is 12.8. The number of ketones is 3. The van der Waals surface area contributed by atoms with Crippen molar-refractivity contribution in [2.24, 2.45) is 11.3 Å². The Bertz CT molecular complexity index is 1510. The topological polar surface area (TPSA) is 77.5 Å². The Morgan fingerprint density at radius 3 is 1.58 bits per heavy atom. The zero-order valence-electron chi connectivity index (χ0n) is 42.5. The highest BCUT2D eigenvalue weighted by atomic mass is 16.5. The number of ether oxygens (including phenoxy) is 1. The number of unbranched alkanes of at least 4 members (excludes halogenated alkanes) is 22. The van der Waals surface area contributed by atoms with Crippen molar-refractivity contribution in [2.45, 2.75) is 248 Å². The zero-order valence-corrected chi connectivity index (χ0v) is 42.5. The minimum Gasteiger partial charge on any atom is -0.461 e. The Morgan fingerprint density at radius 2 is 1.08 bits per heavy atom. The van der Waals surface area contributed by atoms with Crippen LogP contribution in [0.1, 0.15) is 248 Å². The van der Waals surface area contributed by atoms with E-state index in [-0.39, 0.29) is 24.0 Å². The summed E-state index contributed by atoms with van der Waals surface area (Å²) in [5.41, 5.74) is 4.86. The van der Waals surface area contributed by atoms with Crippen LogP contribution < -0.4 is 0 Å². The lowest BCUT2D eigenvalue weighted by atomic mass is 9.72. The molecule has 0 aromatic heterocycles. The fourth-order valence-electron chi connectivity index (χ4n) is 8.61. The van der Waals surface area contributed by atoms with Crippen molar-refractivity contribution in [1.29, 1.82) is 0 Å². The maximum absolute atomic E-state index is 13.5. The summed E-state index contributed by atoms with van der Waals surface area (Å²) in [4.78, 5) is 52.9. The van der Waals surface area contributed by atoms with Gasteiger partial charge in [0.1, 0.15) is 18.3 Å². The summed E-state index contributed by atoms with van der Waals surface area (Å²) < 4.78 is 5.50. The van der Waals surface area contributed by atoms with E-state index in [4.69, 9.17) is 4.74 Å². The molecule has 0 saturated heterocycles. The molecule has 0 spiro atoms. The number of allylic oxidation sites excluding steroid dienone is 13. The molecule has 362 valence electrons. The van der Waals surface area contributed by atoms with E-state index in [1.165, 1.54) is 120 Å². The number of rotatable bonds is 40. The summed E-state index contributed by atoms with van der Waals surface area (Å²) >= 11 is 0. The summed E-state index contributed by atoms with van der Waals surface area (Å²) in [6, 6.07) is 0. The molecule has 1 unspecified atom stereocenters. The summed E-state index contributed by atoms with van der Waals surface area (Å²) in [6.45, 7) is 14.8.